The zero-order valence-corrected chi connectivity index (χ0v) is 9.23. The molecule has 2 rings (SSSR count). The number of urea groups is 1. The fourth-order valence-electron chi connectivity index (χ4n) is 1.55. The van der Waals surface area contributed by atoms with Crippen molar-refractivity contribution in [1.29, 1.82) is 0 Å². The van der Waals surface area contributed by atoms with E-state index in [9.17, 15) is 9.59 Å². The van der Waals surface area contributed by atoms with Gasteiger partial charge in [0.15, 0.2) is 0 Å². The highest BCUT2D eigenvalue weighted by atomic mass is 16.2. The summed E-state index contributed by atoms with van der Waals surface area (Å²) in [6, 6.07) is 3.29. The fourth-order valence-corrected chi connectivity index (χ4v) is 1.55. The van der Waals surface area contributed by atoms with Crippen molar-refractivity contribution in [2.75, 3.05) is 11.4 Å². The van der Waals surface area contributed by atoms with E-state index in [0.717, 1.165) is 5.69 Å². The lowest BCUT2D eigenvalue weighted by Crippen LogP contribution is -2.27. The third-order valence-electron chi connectivity index (χ3n) is 2.47. The molecule has 5 nitrogen and oxygen atoms in total. The Bertz CT molecular complexity index is 425. The second-order valence-corrected chi connectivity index (χ2v) is 4.04. The molecule has 0 spiro atoms. The number of imide groups is 1. The second kappa shape index (κ2) is 3.92. The van der Waals surface area contributed by atoms with E-state index in [4.69, 9.17) is 0 Å². The maximum absolute atomic E-state index is 11.4. The van der Waals surface area contributed by atoms with E-state index >= 15 is 0 Å². The Kier molecular flexibility index (Phi) is 2.60. The third-order valence-corrected chi connectivity index (χ3v) is 2.47. The average Bonchev–Trinajstić information content (AvgIpc) is 2.58. The van der Waals surface area contributed by atoms with Crippen molar-refractivity contribution in [3.63, 3.8) is 0 Å². The molecule has 3 amide bonds. The van der Waals surface area contributed by atoms with Crippen LogP contribution in [0.5, 0.6) is 0 Å². The molecule has 1 aromatic rings. The largest absolute Gasteiger partial charge is 0.329 e. The Labute approximate surface area is 93.5 Å². The molecule has 2 heterocycles. The number of pyridine rings is 1. The Morgan fingerprint density at radius 2 is 2.12 bits per heavy atom. The molecule has 0 bridgehead atoms. The monoisotopic (exact) mass is 219 g/mol. The smallest absolute Gasteiger partial charge is 0.283 e. The zero-order valence-electron chi connectivity index (χ0n) is 9.23. The Morgan fingerprint density at radius 1 is 1.38 bits per heavy atom. The molecular weight excluding hydrogens is 206 g/mol. The number of amides is 3. The van der Waals surface area contributed by atoms with Gasteiger partial charge in [-0.15, -0.1) is 0 Å². The number of carbonyl (C=O) groups is 2. The molecule has 1 aromatic heterocycles. The highest BCUT2D eigenvalue weighted by Gasteiger charge is 2.27. The van der Waals surface area contributed by atoms with Crippen LogP contribution >= 0.6 is 0 Å². The summed E-state index contributed by atoms with van der Waals surface area (Å²) in [6.07, 6.45) is 1.62. The number of rotatable bonds is 2. The molecule has 1 fully saturated rings. The molecule has 0 radical (unpaired) electrons. The van der Waals surface area contributed by atoms with Crippen LogP contribution in [0.1, 0.15) is 25.5 Å². The van der Waals surface area contributed by atoms with Gasteiger partial charge < -0.3 is 0 Å². The van der Waals surface area contributed by atoms with Crippen LogP contribution in [0.4, 0.5) is 10.5 Å². The molecule has 0 atom stereocenters. The number of aromatic nitrogens is 1. The van der Waals surface area contributed by atoms with Crippen LogP contribution in [0.15, 0.2) is 18.3 Å². The van der Waals surface area contributed by atoms with Gasteiger partial charge in [0.05, 0.1) is 11.9 Å². The fraction of sp³-hybridized carbons (Fsp3) is 0.364. The minimum Gasteiger partial charge on any atom is -0.283 e. The molecule has 0 unspecified atom stereocenters. The first-order chi connectivity index (χ1) is 7.58. The molecule has 1 N–H and O–H groups in total. The number of hydrogen-bond donors (Lipinski definition) is 1. The van der Waals surface area contributed by atoms with Crippen molar-refractivity contribution in [3.05, 3.63) is 24.0 Å². The van der Waals surface area contributed by atoms with Gasteiger partial charge in [0.1, 0.15) is 6.54 Å². The first-order valence-corrected chi connectivity index (χ1v) is 5.15. The van der Waals surface area contributed by atoms with Crippen molar-refractivity contribution in [2.24, 2.45) is 0 Å². The second-order valence-electron chi connectivity index (χ2n) is 4.04. The van der Waals surface area contributed by atoms with Gasteiger partial charge in [0.2, 0.25) is 5.91 Å². The van der Waals surface area contributed by atoms with Gasteiger partial charge in [0.25, 0.3) is 0 Å². The van der Waals surface area contributed by atoms with Crippen molar-refractivity contribution in [2.45, 2.75) is 19.8 Å². The third kappa shape index (κ3) is 1.88. The zero-order chi connectivity index (χ0) is 11.7. The highest BCUT2D eigenvalue weighted by Crippen LogP contribution is 2.18. The molecule has 84 valence electrons. The lowest BCUT2D eigenvalue weighted by molar-refractivity contribution is -0.117. The van der Waals surface area contributed by atoms with E-state index < -0.39 is 0 Å². The predicted molar refractivity (Wildman–Crippen MR) is 59.2 cm³/mol. The number of nitrogens with one attached hydrogen (secondary N) is 1. The normalized spacial score (nSPS) is 15.8. The maximum Gasteiger partial charge on any atom is 0.329 e. The van der Waals surface area contributed by atoms with E-state index in [2.05, 4.69) is 10.3 Å². The van der Waals surface area contributed by atoms with Crippen molar-refractivity contribution >= 4 is 17.6 Å². The SMILES string of the molecule is CC(C)c1ccc(N2CC(=O)NC2=O)cn1. The van der Waals surface area contributed by atoms with Gasteiger partial charge >= 0.3 is 6.03 Å². The standard InChI is InChI=1S/C11H13N3O2/c1-7(2)9-4-3-8(5-12-9)14-6-10(15)13-11(14)16/h3-5,7H,6H2,1-2H3,(H,13,15,16). The van der Waals surface area contributed by atoms with E-state index in [1.165, 1.54) is 4.90 Å². The first-order valence-electron chi connectivity index (χ1n) is 5.15. The summed E-state index contributed by atoms with van der Waals surface area (Å²) in [6.45, 7) is 4.17. The van der Waals surface area contributed by atoms with Crippen LogP contribution in [-0.2, 0) is 4.79 Å². The molecule has 0 aliphatic carbocycles. The van der Waals surface area contributed by atoms with Gasteiger partial charge in [-0.3, -0.25) is 20.0 Å². The Hall–Kier alpha value is -1.91. The molecule has 1 aliphatic heterocycles. The molecule has 5 heteroatoms. The quantitative estimate of drug-likeness (QED) is 0.762. The van der Waals surface area contributed by atoms with Gasteiger partial charge in [-0.05, 0) is 18.1 Å². The topological polar surface area (TPSA) is 62.3 Å². The van der Waals surface area contributed by atoms with Gasteiger partial charge in [-0.2, -0.15) is 0 Å². The van der Waals surface area contributed by atoms with Crippen LogP contribution in [0.3, 0.4) is 0 Å². The van der Waals surface area contributed by atoms with Crippen LogP contribution in [0.2, 0.25) is 0 Å². The molecular formula is C11H13N3O2. The summed E-state index contributed by atoms with van der Waals surface area (Å²) >= 11 is 0. The summed E-state index contributed by atoms with van der Waals surface area (Å²) in [5, 5.41) is 2.22. The number of nitrogens with zero attached hydrogens (tertiary/aromatic N) is 2. The molecule has 1 saturated heterocycles. The minimum absolute atomic E-state index is 0.0710. The average molecular weight is 219 g/mol. The summed E-state index contributed by atoms with van der Waals surface area (Å²) in [4.78, 5) is 28.0. The van der Waals surface area contributed by atoms with Crippen LogP contribution in [0.25, 0.3) is 0 Å². The summed E-state index contributed by atoms with van der Waals surface area (Å²) in [7, 11) is 0. The van der Waals surface area contributed by atoms with Gasteiger partial charge in [-0.25, -0.2) is 4.79 Å². The number of carbonyl (C=O) groups excluding carboxylic acids is 2. The lowest BCUT2D eigenvalue weighted by Gasteiger charge is -2.13. The van der Waals surface area contributed by atoms with Crippen molar-refractivity contribution < 1.29 is 9.59 Å². The molecule has 0 aromatic carbocycles. The van der Waals surface area contributed by atoms with E-state index in [0.29, 0.717) is 11.6 Å². The number of anilines is 1. The molecule has 0 saturated carbocycles. The van der Waals surface area contributed by atoms with Gasteiger partial charge in [0, 0.05) is 5.69 Å². The Balaban J connectivity index is 2.22. The molecule has 16 heavy (non-hydrogen) atoms. The van der Waals surface area contributed by atoms with E-state index in [1.807, 2.05) is 19.9 Å². The number of hydrogen-bond acceptors (Lipinski definition) is 3. The van der Waals surface area contributed by atoms with Crippen LogP contribution in [0, 0.1) is 0 Å². The van der Waals surface area contributed by atoms with Gasteiger partial charge in [-0.1, -0.05) is 13.8 Å². The summed E-state index contributed by atoms with van der Waals surface area (Å²) in [5.41, 5.74) is 1.61. The maximum atomic E-state index is 11.4. The van der Waals surface area contributed by atoms with E-state index in [-0.39, 0.29) is 18.5 Å². The van der Waals surface area contributed by atoms with Crippen molar-refractivity contribution in [3.8, 4) is 0 Å². The van der Waals surface area contributed by atoms with Crippen molar-refractivity contribution in [1.82, 2.24) is 10.3 Å². The summed E-state index contributed by atoms with van der Waals surface area (Å²) < 4.78 is 0. The first kappa shape index (κ1) is 10.6. The lowest BCUT2D eigenvalue weighted by atomic mass is 10.1. The van der Waals surface area contributed by atoms with Crippen LogP contribution in [-0.4, -0.2) is 23.5 Å². The highest BCUT2D eigenvalue weighted by molar-refractivity contribution is 6.12. The summed E-state index contributed by atoms with van der Waals surface area (Å²) in [5.74, 6) is 0.0704. The minimum atomic E-state index is -0.385. The Morgan fingerprint density at radius 3 is 2.56 bits per heavy atom. The molecule has 1 aliphatic rings. The van der Waals surface area contributed by atoms with E-state index in [1.54, 1.807) is 12.3 Å². The van der Waals surface area contributed by atoms with Crippen LogP contribution < -0.4 is 10.2 Å². The predicted octanol–water partition coefficient (Wildman–Crippen LogP) is 1.26.